The van der Waals surface area contributed by atoms with E-state index in [-0.39, 0.29) is 11.3 Å². The summed E-state index contributed by atoms with van der Waals surface area (Å²) in [5, 5.41) is 3.69. The third-order valence-electron chi connectivity index (χ3n) is 5.02. The molecule has 0 saturated carbocycles. The van der Waals surface area contributed by atoms with Gasteiger partial charge in [-0.25, -0.2) is 8.42 Å². The van der Waals surface area contributed by atoms with Crippen LogP contribution in [0.2, 0.25) is 0 Å². The van der Waals surface area contributed by atoms with E-state index in [1.54, 1.807) is 6.92 Å². The SMILES string of the molecule is CCC1(CC)CNC(CC(C)C)CN1CCS(=O)(=O)CC. The summed E-state index contributed by atoms with van der Waals surface area (Å²) >= 11 is 0. The van der Waals surface area contributed by atoms with Gasteiger partial charge in [-0.05, 0) is 25.2 Å². The summed E-state index contributed by atoms with van der Waals surface area (Å²) in [6.45, 7) is 13.3. The Morgan fingerprint density at radius 1 is 1.24 bits per heavy atom. The Balaban J connectivity index is 2.78. The molecular formula is C16H34N2O2S. The van der Waals surface area contributed by atoms with E-state index in [4.69, 9.17) is 0 Å². The fraction of sp³-hybridized carbons (Fsp3) is 1.00. The summed E-state index contributed by atoms with van der Waals surface area (Å²) in [5.74, 6) is 1.21. The van der Waals surface area contributed by atoms with Gasteiger partial charge in [-0.3, -0.25) is 4.90 Å². The summed E-state index contributed by atoms with van der Waals surface area (Å²) in [6.07, 6.45) is 3.29. The molecule has 0 spiro atoms. The quantitative estimate of drug-likeness (QED) is 0.746. The Hall–Kier alpha value is -0.130. The lowest BCUT2D eigenvalue weighted by molar-refractivity contribution is 0.0330. The van der Waals surface area contributed by atoms with Gasteiger partial charge in [0.25, 0.3) is 0 Å². The fourth-order valence-corrected chi connectivity index (χ4v) is 4.15. The minimum Gasteiger partial charge on any atom is -0.311 e. The summed E-state index contributed by atoms with van der Waals surface area (Å²) in [4.78, 5) is 2.45. The highest BCUT2D eigenvalue weighted by Gasteiger charge is 2.38. The van der Waals surface area contributed by atoms with E-state index in [1.807, 2.05) is 0 Å². The van der Waals surface area contributed by atoms with Crippen molar-refractivity contribution < 1.29 is 8.42 Å². The lowest BCUT2D eigenvalue weighted by Gasteiger charge is -2.50. The number of nitrogens with zero attached hydrogens (tertiary/aromatic N) is 1. The number of rotatable bonds is 8. The zero-order valence-electron chi connectivity index (χ0n) is 14.5. The normalized spacial score (nSPS) is 23.6. The van der Waals surface area contributed by atoms with Crippen LogP contribution in [-0.4, -0.2) is 56.0 Å². The number of hydrogen-bond donors (Lipinski definition) is 1. The minimum atomic E-state index is -2.89. The van der Waals surface area contributed by atoms with Crippen LogP contribution in [0.5, 0.6) is 0 Å². The van der Waals surface area contributed by atoms with E-state index in [2.05, 4.69) is 37.9 Å². The maximum atomic E-state index is 11.8. The topological polar surface area (TPSA) is 49.4 Å². The maximum Gasteiger partial charge on any atom is 0.151 e. The first kappa shape index (κ1) is 18.9. The van der Waals surface area contributed by atoms with E-state index in [9.17, 15) is 8.42 Å². The van der Waals surface area contributed by atoms with Crippen LogP contribution in [0.25, 0.3) is 0 Å². The molecule has 1 aliphatic rings. The van der Waals surface area contributed by atoms with Gasteiger partial charge in [0, 0.05) is 37.0 Å². The van der Waals surface area contributed by atoms with Crippen LogP contribution in [-0.2, 0) is 9.84 Å². The van der Waals surface area contributed by atoms with Gasteiger partial charge in [-0.15, -0.1) is 0 Å². The molecule has 1 fully saturated rings. The van der Waals surface area contributed by atoms with Crippen molar-refractivity contribution in [1.29, 1.82) is 0 Å². The largest absolute Gasteiger partial charge is 0.311 e. The molecule has 0 amide bonds. The number of hydrogen-bond acceptors (Lipinski definition) is 4. The van der Waals surface area contributed by atoms with E-state index < -0.39 is 9.84 Å². The fourth-order valence-electron chi connectivity index (χ4n) is 3.37. The predicted molar refractivity (Wildman–Crippen MR) is 90.5 cm³/mol. The number of nitrogens with one attached hydrogen (secondary N) is 1. The molecule has 126 valence electrons. The van der Waals surface area contributed by atoms with Crippen molar-refractivity contribution in [2.24, 2.45) is 5.92 Å². The van der Waals surface area contributed by atoms with Gasteiger partial charge < -0.3 is 5.32 Å². The molecule has 4 nitrogen and oxygen atoms in total. The Bertz CT molecular complexity index is 403. The molecule has 1 N–H and O–H groups in total. The average Bonchev–Trinajstić information content (AvgIpc) is 2.45. The van der Waals surface area contributed by atoms with Crippen LogP contribution in [0.3, 0.4) is 0 Å². The summed E-state index contributed by atoms with van der Waals surface area (Å²) in [7, 11) is -2.89. The zero-order valence-corrected chi connectivity index (χ0v) is 15.3. The average molecular weight is 319 g/mol. The highest BCUT2D eigenvalue weighted by atomic mass is 32.2. The van der Waals surface area contributed by atoms with Gasteiger partial charge >= 0.3 is 0 Å². The van der Waals surface area contributed by atoms with Crippen molar-refractivity contribution in [2.75, 3.05) is 31.1 Å². The van der Waals surface area contributed by atoms with Gasteiger partial charge in [-0.1, -0.05) is 34.6 Å². The first-order chi connectivity index (χ1) is 9.78. The van der Waals surface area contributed by atoms with E-state index in [0.717, 1.165) is 32.4 Å². The Kier molecular flexibility index (Phi) is 7.14. The molecule has 5 heteroatoms. The monoisotopic (exact) mass is 318 g/mol. The van der Waals surface area contributed by atoms with Gasteiger partial charge in [0.15, 0.2) is 9.84 Å². The van der Waals surface area contributed by atoms with Gasteiger partial charge in [0.05, 0.1) is 5.75 Å². The molecule has 0 aromatic rings. The van der Waals surface area contributed by atoms with Gasteiger partial charge in [-0.2, -0.15) is 0 Å². The summed E-state index contributed by atoms with van der Waals surface area (Å²) in [6, 6.07) is 0.487. The second-order valence-corrected chi connectivity index (χ2v) is 9.29. The molecule has 0 bridgehead atoms. The van der Waals surface area contributed by atoms with Crippen molar-refractivity contribution in [1.82, 2.24) is 10.2 Å². The molecule has 0 aromatic carbocycles. The van der Waals surface area contributed by atoms with Gasteiger partial charge in [0.1, 0.15) is 0 Å². The number of piperazine rings is 1. The lowest BCUT2D eigenvalue weighted by Crippen LogP contribution is -2.65. The van der Waals surface area contributed by atoms with Crippen LogP contribution >= 0.6 is 0 Å². The molecular weight excluding hydrogens is 284 g/mol. The lowest BCUT2D eigenvalue weighted by atomic mass is 9.86. The van der Waals surface area contributed by atoms with Crippen molar-refractivity contribution >= 4 is 9.84 Å². The molecule has 1 aliphatic heterocycles. The molecule has 0 aromatic heterocycles. The van der Waals surface area contributed by atoms with Crippen LogP contribution in [0.1, 0.15) is 53.9 Å². The highest BCUT2D eigenvalue weighted by Crippen LogP contribution is 2.28. The minimum absolute atomic E-state index is 0.122. The highest BCUT2D eigenvalue weighted by molar-refractivity contribution is 7.91. The Morgan fingerprint density at radius 2 is 1.86 bits per heavy atom. The van der Waals surface area contributed by atoms with Crippen LogP contribution in [0.4, 0.5) is 0 Å². The van der Waals surface area contributed by atoms with Crippen molar-refractivity contribution in [3.63, 3.8) is 0 Å². The molecule has 21 heavy (non-hydrogen) atoms. The molecule has 1 saturated heterocycles. The summed E-state index contributed by atoms with van der Waals surface area (Å²) in [5.41, 5.74) is 0.122. The molecule has 1 unspecified atom stereocenters. The third-order valence-corrected chi connectivity index (χ3v) is 6.70. The molecule has 0 aliphatic carbocycles. The van der Waals surface area contributed by atoms with Crippen LogP contribution < -0.4 is 5.32 Å². The molecule has 1 atom stereocenters. The first-order valence-corrected chi connectivity index (χ1v) is 10.3. The first-order valence-electron chi connectivity index (χ1n) is 8.47. The van der Waals surface area contributed by atoms with Crippen molar-refractivity contribution in [2.45, 2.75) is 65.5 Å². The second-order valence-electron chi connectivity index (χ2n) is 6.82. The smallest absolute Gasteiger partial charge is 0.151 e. The molecule has 0 radical (unpaired) electrons. The van der Waals surface area contributed by atoms with Crippen LogP contribution in [0.15, 0.2) is 0 Å². The van der Waals surface area contributed by atoms with E-state index in [0.29, 0.717) is 24.3 Å². The molecule has 1 heterocycles. The second kappa shape index (κ2) is 7.93. The standard InChI is InChI=1S/C16H34N2O2S/c1-6-16(7-2)13-17-15(11-14(4)5)12-18(16)9-10-21(19,20)8-3/h14-15,17H,6-13H2,1-5H3. The van der Waals surface area contributed by atoms with Gasteiger partial charge in [0.2, 0.25) is 0 Å². The third kappa shape index (κ3) is 5.22. The number of sulfone groups is 1. The predicted octanol–water partition coefficient (Wildman–Crippen LogP) is 2.30. The Labute approximate surface area is 131 Å². The zero-order chi connectivity index (χ0) is 16.1. The maximum absolute atomic E-state index is 11.8. The van der Waals surface area contributed by atoms with E-state index >= 15 is 0 Å². The van der Waals surface area contributed by atoms with E-state index in [1.165, 1.54) is 0 Å². The van der Waals surface area contributed by atoms with Crippen molar-refractivity contribution in [3.05, 3.63) is 0 Å². The van der Waals surface area contributed by atoms with Crippen LogP contribution in [0, 0.1) is 5.92 Å². The Morgan fingerprint density at radius 3 is 2.33 bits per heavy atom. The summed E-state index contributed by atoms with van der Waals surface area (Å²) < 4.78 is 23.7. The molecule has 1 rings (SSSR count). The van der Waals surface area contributed by atoms with Crippen molar-refractivity contribution in [3.8, 4) is 0 Å².